The molecule has 1 aromatic carbocycles. The molecule has 1 atom stereocenters. The number of aryl methyl sites for hydroxylation is 1. The first-order valence-corrected chi connectivity index (χ1v) is 7.14. The van der Waals surface area contributed by atoms with Crippen LogP contribution in [0.3, 0.4) is 0 Å². The van der Waals surface area contributed by atoms with Crippen LogP contribution in [0.1, 0.15) is 24.8 Å². The molecule has 1 aliphatic rings. The molecule has 1 fully saturated rings. The maximum atomic E-state index is 11.4. The third kappa shape index (κ3) is 2.85. The van der Waals surface area contributed by atoms with Crippen molar-refractivity contribution in [3.63, 3.8) is 0 Å². The van der Waals surface area contributed by atoms with Crippen molar-refractivity contribution in [2.24, 2.45) is 0 Å². The topological polar surface area (TPSA) is 51.5 Å². The van der Waals surface area contributed by atoms with Crippen LogP contribution in [-0.4, -0.2) is 19.2 Å². The van der Waals surface area contributed by atoms with Crippen LogP contribution in [0.2, 0.25) is 0 Å². The van der Waals surface area contributed by atoms with Crippen LogP contribution in [0, 0.1) is 6.92 Å². The molecule has 3 rings (SSSR count). The van der Waals surface area contributed by atoms with Crippen molar-refractivity contribution in [3.8, 4) is 5.75 Å². The van der Waals surface area contributed by atoms with Crippen LogP contribution in [0.4, 0.5) is 0 Å². The minimum Gasteiger partial charge on any atom is -0.490 e. The van der Waals surface area contributed by atoms with Crippen LogP contribution in [0.25, 0.3) is 11.0 Å². The molecule has 20 heavy (non-hydrogen) atoms. The Kier molecular flexibility index (Phi) is 3.74. The van der Waals surface area contributed by atoms with Gasteiger partial charge in [-0.05, 0) is 57.0 Å². The Morgan fingerprint density at radius 2 is 2.15 bits per heavy atom. The van der Waals surface area contributed by atoms with E-state index < -0.39 is 0 Å². The van der Waals surface area contributed by atoms with Crippen LogP contribution in [0.5, 0.6) is 5.75 Å². The summed E-state index contributed by atoms with van der Waals surface area (Å²) in [4.78, 5) is 11.4. The monoisotopic (exact) mass is 273 g/mol. The Labute approximate surface area is 117 Å². The molecule has 0 radical (unpaired) electrons. The molecule has 1 aromatic heterocycles. The highest BCUT2D eigenvalue weighted by Gasteiger charge is 2.14. The minimum atomic E-state index is -0.314. The second-order valence-corrected chi connectivity index (χ2v) is 5.33. The van der Waals surface area contributed by atoms with E-state index in [9.17, 15) is 4.79 Å². The first-order valence-electron chi connectivity index (χ1n) is 7.14. The SMILES string of the molecule is Cc1cc(=O)oc2cc(OC3CCCNCC3)ccc12. The predicted molar refractivity (Wildman–Crippen MR) is 78.4 cm³/mol. The number of nitrogens with one attached hydrogen (secondary N) is 1. The van der Waals surface area contributed by atoms with Gasteiger partial charge in [-0.2, -0.15) is 0 Å². The second kappa shape index (κ2) is 5.67. The van der Waals surface area contributed by atoms with Gasteiger partial charge in [-0.15, -0.1) is 0 Å². The molecule has 0 aliphatic carbocycles. The van der Waals surface area contributed by atoms with Gasteiger partial charge >= 0.3 is 5.63 Å². The van der Waals surface area contributed by atoms with Crippen molar-refractivity contribution >= 4 is 11.0 Å². The number of fused-ring (bicyclic) bond motifs is 1. The van der Waals surface area contributed by atoms with Gasteiger partial charge in [-0.1, -0.05) is 0 Å². The van der Waals surface area contributed by atoms with E-state index in [2.05, 4.69) is 5.32 Å². The quantitative estimate of drug-likeness (QED) is 0.855. The number of rotatable bonds is 2. The van der Waals surface area contributed by atoms with Gasteiger partial charge in [0.05, 0.1) is 6.10 Å². The number of ether oxygens (including phenoxy) is 1. The largest absolute Gasteiger partial charge is 0.490 e. The van der Waals surface area contributed by atoms with E-state index in [1.807, 2.05) is 25.1 Å². The van der Waals surface area contributed by atoms with Gasteiger partial charge in [0, 0.05) is 17.5 Å². The van der Waals surface area contributed by atoms with E-state index in [-0.39, 0.29) is 11.7 Å². The normalized spacial score (nSPS) is 19.8. The molecule has 1 saturated heterocycles. The van der Waals surface area contributed by atoms with E-state index in [1.54, 1.807) is 0 Å². The lowest BCUT2D eigenvalue weighted by Crippen LogP contribution is -2.19. The van der Waals surface area contributed by atoms with Crippen molar-refractivity contribution in [1.82, 2.24) is 5.32 Å². The van der Waals surface area contributed by atoms with Crippen LogP contribution < -0.4 is 15.7 Å². The molecule has 0 spiro atoms. The summed E-state index contributed by atoms with van der Waals surface area (Å²) in [6.45, 7) is 3.97. The average molecular weight is 273 g/mol. The summed E-state index contributed by atoms with van der Waals surface area (Å²) in [5.41, 5.74) is 1.21. The first-order chi connectivity index (χ1) is 9.72. The minimum absolute atomic E-state index is 0.235. The Bertz CT molecular complexity index is 654. The van der Waals surface area contributed by atoms with E-state index in [0.717, 1.165) is 49.1 Å². The van der Waals surface area contributed by atoms with Crippen molar-refractivity contribution in [3.05, 3.63) is 40.2 Å². The molecule has 0 saturated carbocycles. The van der Waals surface area contributed by atoms with Crippen LogP contribution in [0.15, 0.2) is 33.5 Å². The molecule has 2 aromatic rings. The van der Waals surface area contributed by atoms with Crippen molar-refractivity contribution < 1.29 is 9.15 Å². The zero-order valence-corrected chi connectivity index (χ0v) is 11.6. The Morgan fingerprint density at radius 3 is 3.05 bits per heavy atom. The fraction of sp³-hybridized carbons (Fsp3) is 0.438. The van der Waals surface area contributed by atoms with Gasteiger partial charge in [0.15, 0.2) is 0 Å². The third-order valence-corrected chi connectivity index (χ3v) is 3.75. The molecule has 4 heteroatoms. The van der Waals surface area contributed by atoms with Gasteiger partial charge < -0.3 is 14.5 Å². The molecule has 1 unspecified atom stereocenters. The number of hydrogen-bond acceptors (Lipinski definition) is 4. The summed E-state index contributed by atoms with van der Waals surface area (Å²) < 4.78 is 11.3. The van der Waals surface area contributed by atoms with Gasteiger partial charge in [0.1, 0.15) is 11.3 Å². The maximum absolute atomic E-state index is 11.4. The lowest BCUT2D eigenvalue weighted by atomic mass is 10.1. The fourth-order valence-corrected chi connectivity index (χ4v) is 2.68. The van der Waals surface area contributed by atoms with E-state index in [4.69, 9.17) is 9.15 Å². The molecule has 2 heterocycles. The fourth-order valence-electron chi connectivity index (χ4n) is 2.68. The smallest absolute Gasteiger partial charge is 0.336 e. The van der Waals surface area contributed by atoms with Crippen molar-refractivity contribution in [2.45, 2.75) is 32.3 Å². The Hall–Kier alpha value is -1.81. The molecular formula is C16H19NO3. The molecule has 1 aliphatic heterocycles. The highest BCUT2D eigenvalue weighted by Crippen LogP contribution is 2.24. The summed E-state index contributed by atoms with van der Waals surface area (Å²) in [7, 11) is 0. The van der Waals surface area contributed by atoms with E-state index >= 15 is 0 Å². The summed E-state index contributed by atoms with van der Waals surface area (Å²) in [6, 6.07) is 7.24. The molecule has 0 bridgehead atoms. The summed E-state index contributed by atoms with van der Waals surface area (Å²) in [5, 5.41) is 4.33. The standard InChI is InChI=1S/C16H19NO3/c1-11-9-16(18)20-15-10-13(4-5-14(11)15)19-12-3-2-7-17-8-6-12/h4-5,9-10,12,17H,2-3,6-8H2,1H3. The summed E-state index contributed by atoms with van der Waals surface area (Å²) in [6.07, 6.45) is 3.43. The Morgan fingerprint density at radius 1 is 1.25 bits per heavy atom. The summed E-state index contributed by atoms with van der Waals surface area (Å²) >= 11 is 0. The average Bonchev–Trinajstić information content (AvgIpc) is 2.66. The van der Waals surface area contributed by atoms with Gasteiger partial charge in [0.25, 0.3) is 0 Å². The first kappa shape index (κ1) is 13.2. The highest BCUT2D eigenvalue weighted by atomic mass is 16.5. The maximum Gasteiger partial charge on any atom is 0.336 e. The van der Waals surface area contributed by atoms with E-state index in [1.165, 1.54) is 6.07 Å². The van der Waals surface area contributed by atoms with Crippen LogP contribution in [-0.2, 0) is 0 Å². The van der Waals surface area contributed by atoms with Gasteiger partial charge in [0.2, 0.25) is 0 Å². The number of hydrogen-bond donors (Lipinski definition) is 1. The molecule has 4 nitrogen and oxygen atoms in total. The van der Waals surface area contributed by atoms with Gasteiger partial charge in [-0.25, -0.2) is 4.79 Å². The highest BCUT2D eigenvalue weighted by molar-refractivity contribution is 5.81. The zero-order valence-electron chi connectivity index (χ0n) is 11.6. The second-order valence-electron chi connectivity index (χ2n) is 5.33. The van der Waals surface area contributed by atoms with E-state index in [0.29, 0.717) is 5.58 Å². The van der Waals surface area contributed by atoms with Gasteiger partial charge in [-0.3, -0.25) is 0 Å². The Balaban J connectivity index is 1.86. The number of benzene rings is 1. The van der Waals surface area contributed by atoms with Crippen LogP contribution >= 0.6 is 0 Å². The molecule has 106 valence electrons. The lowest BCUT2D eigenvalue weighted by Gasteiger charge is -2.16. The lowest BCUT2D eigenvalue weighted by molar-refractivity contribution is 0.187. The predicted octanol–water partition coefficient (Wildman–Crippen LogP) is 2.62. The van der Waals surface area contributed by atoms with Crippen molar-refractivity contribution in [2.75, 3.05) is 13.1 Å². The third-order valence-electron chi connectivity index (χ3n) is 3.75. The van der Waals surface area contributed by atoms with Crippen molar-refractivity contribution in [1.29, 1.82) is 0 Å². The molecule has 0 amide bonds. The zero-order chi connectivity index (χ0) is 13.9. The molecular weight excluding hydrogens is 254 g/mol. The molecule has 1 N–H and O–H groups in total. The summed E-state index contributed by atoms with van der Waals surface area (Å²) in [5.74, 6) is 0.776.